The normalized spacial score (nSPS) is 12.1. The second-order valence-electron chi connectivity index (χ2n) is 7.33. The standard InChI is InChI=1S/C23H18F3N7O/c1-15(12-33-14-28-13-31-33)34-21-8-16(6-7-17(21)9-27)18-10-29-22(30-11-18)32-20-5-3-2-4-19(20)23(24,25)26/h2-8,10-11,13-15H,12H2,1H3,(H,29,30,32). The Hall–Kier alpha value is -4.46. The molecular weight excluding hydrogens is 447 g/mol. The summed E-state index contributed by atoms with van der Waals surface area (Å²) in [5.41, 5.74) is 0.698. The van der Waals surface area contributed by atoms with Crippen molar-refractivity contribution in [1.82, 2.24) is 24.7 Å². The summed E-state index contributed by atoms with van der Waals surface area (Å²) >= 11 is 0. The fourth-order valence-corrected chi connectivity index (χ4v) is 3.24. The molecule has 0 radical (unpaired) electrons. The van der Waals surface area contributed by atoms with Gasteiger partial charge in [-0.15, -0.1) is 0 Å². The van der Waals surface area contributed by atoms with Crippen LogP contribution in [0.5, 0.6) is 5.75 Å². The van der Waals surface area contributed by atoms with Crippen molar-refractivity contribution in [2.75, 3.05) is 5.32 Å². The highest BCUT2D eigenvalue weighted by molar-refractivity contribution is 5.67. The number of nitriles is 1. The molecule has 4 aromatic rings. The van der Waals surface area contributed by atoms with Crippen LogP contribution < -0.4 is 10.1 Å². The van der Waals surface area contributed by atoms with Gasteiger partial charge >= 0.3 is 6.18 Å². The largest absolute Gasteiger partial charge is 0.487 e. The zero-order valence-corrected chi connectivity index (χ0v) is 17.9. The second-order valence-corrected chi connectivity index (χ2v) is 7.33. The molecule has 172 valence electrons. The minimum atomic E-state index is -4.51. The lowest BCUT2D eigenvalue weighted by atomic mass is 10.1. The lowest BCUT2D eigenvalue weighted by Crippen LogP contribution is -2.20. The van der Waals surface area contributed by atoms with Gasteiger partial charge in [0.25, 0.3) is 0 Å². The van der Waals surface area contributed by atoms with Gasteiger partial charge < -0.3 is 10.1 Å². The van der Waals surface area contributed by atoms with Gasteiger partial charge in [0.1, 0.15) is 30.6 Å². The number of anilines is 2. The summed E-state index contributed by atoms with van der Waals surface area (Å²) in [5, 5.41) is 16.1. The average molecular weight is 465 g/mol. The number of aromatic nitrogens is 5. The summed E-state index contributed by atoms with van der Waals surface area (Å²) in [6.45, 7) is 2.29. The maximum atomic E-state index is 13.2. The van der Waals surface area contributed by atoms with E-state index in [1.54, 1.807) is 29.2 Å². The third kappa shape index (κ3) is 5.29. The molecule has 0 aliphatic heterocycles. The van der Waals surface area contributed by atoms with Gasteiger partial charge in [-0.2, -0.15) is 23.5 Å². The summed E-state index contributed by atoms with van der Waals surface area (Å²) in [6.07, 6.45) is 1.16. The number of nitrogens with zero attached hydrogens (tertiary/aromatic N) is 6. The highest BCUT2D eigenvalue weighted by atomic mass is 19.4. The minimum Gasteiger partial charge on any atom is -0.487 e. The smallest absolute Gasteiger partial charge is 0.418 e. The van der Waals surface area contributed by atoms with Crippen molar-refractivity contribution in [3.8, 4) is 22.9 Å². The monoisotopic (exact) mass is 465 g/mol. The zero-order valence-electron chi connectivity index (χ0n) is 17.9. The lowest BCUT2D eigenvalue weighted by Gasteiger charge is -2.16. The third-order valence-electron chi connectivity index (χ3n) is 4.81. The molecule has 2 aromatic heterocycles. The highest BCUT2D eigenvalue weighted by Crippen LogP contribution is 2.35. The molecule has 0 spiro atoms. The van der Waals surface area contributed by atoms with Crippen molar-refractivity contribution in [3.63, 3.8) is 0 Å². The molecule has 0 bridgehead atoms. The first-order valence-corrected chi connectivity index (χ1v) is 10.1. The quantitative estimate of drug-likeness (QED) is 0.417. The number of halogens is 3. The first kappa shape index (κ1) is 22.7. The van der Waals surface area contributed by atoms with Gasteiger partial charge in [-0.1, -0.05) is 18.2 Å². The predicted molar refractivity (Wildman–Crippen MR) is 117 cm³/mol. The van der Waals surface area contributed by atoms with E-state index in [4.69, 9.17) is 4.74 Å². The number of alkyl halides is 3. The van der Waals surface area contributed by atoms with E-state index in [0.29, 0.717) is 29.0 Å². The number of para-hydroxylation sites is 1. The molecule has 2 heterocycles. The van der Waals surface area contributed by atoms with Crippen LogP contribution in [0.3, 0.4) is 0 Å². The summed E-state index contributed by atoms with van der Waals surface area (Å²) < 4.78 is 47.2. The van der Waals surface area contributed by atoms with Gasteiger partial charge in [0.2, 0.25) is 5.95 Å². The van der Waals surface area contributed by atoms with Crippen molar-refractivity contribution in [2.24, 2.45) is 0 Å². The van der Waals surface area contributed by atoms with Gasteiger partial charge in [0, 0.05) is 18.0 Å². The molecule has 0 fully saturated rings. The Morgan fingerprint density at radius 3 is 2.56 bits per heavy atom. The van der Waals surface area contributed by atoms with Gasteiger partial charge in [-0.25, -0.2) is 19.6 Å². The number of rotatable bonds is 7. The van der Waals surface area contributed by atoms with Gasteiger partial charge in [-0.3, -0.25) is 0 Å². The fraction of sp³-hybridized carbons (Fsp3) is 0.174. The predicted octanol–water partition coefficient (Wildman–Crippen LogP) is 4.84. The maximum Gasteiger partial charge on any atom is 0.418 e. The molecule has 0 saturated carbocycles. The molecule has 0 aliphatic carbocycles. The number of hydrogen-bond donors (Lipinski definition) is 1. The van der Waals surface area contributed by atoms with Gasteiger partial charge in [0.15, 0.2) is 0 Å². The van der Waals surface area contributed by atoms with Crippen molar-refractivity contribution in [1.29, 1.82) is 5.26 Å². The molecule has 34 heavy (non-hydrogen) atoms. The van der Waals surface area contributed by atoms with Crippen LogP contribution in [-0.4, -0.2) is 30.8 Å². The van der Waals surface area contributed by atoms with E-state index < -0.39 is 11.7 Å². The number of hydrogen-bond acceptors (Lipinski definition) is 7. The molecule has 0 aliphatic rings. The Morgan fingerprint density at radius 2 is 1.88 bits per heavy atom. The Kier molecular flexibility index (Phi) is 6.40. The SMILES string of the molecule is CC(Cn1cncn1)Oc1cc(-c2cnc(Nc3ccccc3C(F)(F)F)nc2)ccc1C#N. The molecule has 8 nitrogen and oxygen atoms in total. The van der Waals surface area contributed by atoms with Crippen LogP contribution in [-0.2, 0) is 12.7 Å². The first-order chi connectivity index (χ1) is 16.3. The lowest BCUT2D eigenvalue weighted by molar-refractivity contribution is -0.136. The molecule has 11 heteroatoms. The molecule has 1 atom stereocenters. The van der Waals surface area contributed by atoms with Crippen molar-refractivity contribution < 1.29 is 17.9 Å². The van der Waals surface area contributed by atoms with Crippen LogP contribution in [0, 0.1) is 11.3 Å². The summed E-state index contributed by atoms with van der Waals surface area (Å²) in [4.78, 5) is 12.2. The maximum absolute atomic E-state index is 13.2. The molecule has 2 aromatic carbocycles. The number of nitrogens with one attached hydrogen (secondary N) is 1. The van der Waals surface area contributed by atoms with Crippen LogP contribution in [0.25, 0.3) is 11.1 Å². The Balaban J connectivity index is 1.53. The molecule has 1 N–H and O–H groups in total. The third-order valence-corrected chi connectivity index (χ3v) is 4.81. The van der Waals surface area contributed by atoms with Crippen LogP contribution in [0.2, 0.25) is 0 Å². The Morgan fingerprint density at radius 1 is 1.12 bits per heavy atom. The van der Waals surface area contributed by atoms with Gasteiger partial charge in [0.05, 0.1) is 23.4 Å². The average Bonchev–Trinajstić information content (AvgIpc) is 3.32. The minimum absolute atomic E-state index is 0.0204. The topological polar surface area (TPSA) is 102 Å². The Labute approximate surface area is 192 Å². The van der Waals surface area contributed by atoms with Crippen molar-refractivity contribution in [2.45, 2.75) is 25.7 Å². The van der Waals surface area contributed by atoms with E-state index in [0.717, 1.165) is 6.07 Å². The van der Waals surface area contributed by atoms with Crippen molar-refractivity contribution >= 4 is 11.6 Å². The van der Waals surface area contributed by atoms with Crippen LogP contribution in [0.1, 0.15) is 18.1 Å². The van der Waals surface area contributed by atoms with Gasteiger partial charge in [-0.05, 0) is 36.8 Å². The molecule has 1 unspecified atom stereocenters. The molecule has 4 rings (SSSR count). The Bertz CT molecular complexity index is 1300. The summed E-state index contributed by atoms with van der Waals surface area (Å²) in [6, 6.07) is 12.2. The fourth-order valence-electron chi connectivity index (χ4n) is 3.24. The van der Waals surface area contributed by atoms with Crippen LogP contribution in [0.15, 0.2) is 67.5 Å². The summed E-state index contributed by atoms with van der Waals surface area (Å²) in [7, 11) is 0. The highest BCUT2D eigenvalue weighted by Gasteiger charge is 2.33. The summed E-state index contributed by atoms with van der Waals surface area (Å²) in [5.74, 6) is 0.404. The van der Waals surface area contributed by atoms with E-state index in [9.17, 15) is 18.4 Å². The zero-order chi connectivity index (χ0) is 24.1. The van der Waals surface area contributed by atoms with E-state index >= 15 is 0 Å². The van der Waals surface area contributed by atoms with E-state index in [1.165, 1.54) is 36.9 Å². The second kappa shape index (κ2) is 9.58. The molecular formula is C23H18F3N7O. The number of benzene rings is 2. The van der Waals surface area contributed by atoms with E-state index in [2.05, 4.69) is 31.4 Å². The van der Waals surface area contributed by atoms with Crippen LogP contribution >= 0.6 is 0 Å². The van der Waals surface area contributed by atoms with Crippen LogP contribution in [0.4, 0.5) is 24.8 Å². The number of ether oxygens (including phenoxy) is 1. The van der Waals surface area contributed by atoms with E-state index in [1.807, 2.05) is 6.92 Å². The molecule has 0 amide bonds. The van der Waals surface area contributed by atoms with E-state index in [-0.39, 0.29) is 17.7 Å². The first-order valence-electron chi connectivity index (χ1n) is 10.1. The van der Waals surface area contributed by atoms with Crippen molar-refractivity contribution in [3.05, 3.63) is 78.6 Å². The molecule has 0 saturated heterocycles.